The number of anilines is 1. The molecule has 0 radical (unpaired) electrons. The first-order valence-electron chi connectivity index (χ1n) is 6.66. The summed E-state index contributed by atoms with van der Waals surface area (Å²) in [6, 6.07) is 1.92. The fourth-order valence-electron chi connectivity index (χ4n) is 2.17. The summed E-state index contributed by atoms with van der Waals surface area (Å²) in [7, 11) is 0. The summed E-state index contributed by atoms with van der Waals surface area (Å²) in [4.78, 5) is 4.17. The van der Waals surface area contributed by atoms with Crippen molar-refractivity contribution < 1.29 is 4.74 Å². The van der Waals surface area contributed by atoms with Gasteiger partial charge < -0.3 is 15.8 Å². The standard InChI is InChI=1S/C14H25N3O/c1-5-17-13(14(10(3)4)18-6-2)11-9-16-8-7-12(11)15/h7-10,13-14,17H,5-6H2,1-4H3,(H2,15,16). The normalized spacial score (nSPS) is 14.7. The van der Waals surface area contributed by atoms with Crippen LogP contribution in [0.1, 0.15) is 39.3 Å². The first-order chi connectivity index (χ1) is 8.61. The molecule has 18 heavy (non-hydrogen) atoms. The van der Waals surface area contributed by atoms with E-state index in [9.17, 15) is 0 Å². The molecule has 2 unspecified atom stereocenters. The zero-order valence-corrected chi connectivity index (χ0v) is 11.8. The fraction of sp³-hybridized carbons (Fsp3) is 0.643. The van der Waals surface area contributed by atoms with E-state index in [1.54, 1.807) is 6.20 Å². The van der Waals surface area contributed by atoms with Crippen LogP contribution in [0.15, 0.2) is 18.5 Å². The van der Waals surface area contributed by atoms with Gasteiger partial charge in [0.05, 0.1) is 12.1 Å². The van der Waals surface area contributed by atoms with Crippen molar-refractivity contribution in [2.24, 2.45) is 5.92 Å². The van der Waals surface area contributed by atoms with Crippen LogP contribution in [-0.4, -0.2) is 24.2 Å². The third kappa shape index (κ3) is 3.68. The van der Waals surface area contributed by atoms with Gasteiger partial charge in [-0.3, -0.25) is 4.98 Å². The molecule has 0 amide bonds. The minimum absolute atomic E-state index is 0.0867. The second-order valence-corrected chi connectivity index (χ2v) is 4.70. The monoisotopic (exact) mass is 251 g/mol. The van der Waals surface area contributed by atoms with E-state index >= 15 is 0 Å². The van der Waals surface area contributed by atoms with Crippen LogP contribution in [0.5, 0.6) is 0 Å². The van der Waals surface area contributed by atoms with Gasteiger partial charge in [0.2, 0.25) is 0 Å². The van der Waals surface area contributed by atoms with E-state index in [2.05, 4.69) is 31.1 Å². The van der Waals surface area contributed by atoms with Crippen LogP contribution < -0.4 is 11.1 Å². The van der Waals surface area contributed by atoms with Crippen molar-refractivity contribution in [2.75, 3.05) is 18.9 Å². The summed E-state index contributed by atoms with van der Waals surface area (Å²) in [5.74, 6) is 0.411. The van der Waals surface area contributed by atoms with Crippen LogP contribution in [0.4, 0.5) is 5.69 Å². The maximum atomic E-state index is 6.05. The number of likely N-dealkylation sites (N-methyl/N-ethyl adjacent to an activating group) is 1. The van der Waals surface area contributed by atoms with E-state index < -0.39 is 0 Å². The Kier molecular flexibility index (Phi) is 6.09. The molecule has 0 aliphatic carbocycles. The number of aromatic nitrogens is 1. The number of nitrogens with zero attached hydrogens (tertiary/aromatic N) is 1. The molecule has 102 valence electrons. The van der Waals surface area contributed by atoms with Gasteiger partial charge in [-0.2, -0.15) is 0 Å². The van der Waals surface area contributed by atoms with Crippen molar-refractivity contribution in [1.29, 1.82) is 0 Å². The SMILES string of the molecule is CCNC(c1cnccc1N)C(OCC)C(C)C. The van der Waals surface area contributed by atoms with Gasteiger partial charge in [-0.25, -0.2) is 0 Å². The molecular weight excluding hydrogens is 226 g/mol. The Morgan fingerprint density at radius 3 is 2.61 bits per heavy atom. The highest BCUT2D eigenvalue weighted by molar-refractivity contribution is 5.46. The second-order valence-electron chi connectivity index (χ2n) is 4.70. The van der Waals surface area contributed by atoms with E-state index in [1.807, 2.05) is 19.2 Å². The van der Waals surface area contributed by atoms with Gasteiger partial charge >= 0.3 is 0 Å². The van der Waals surface area contributed by atoms with E-state index in [0.29, 0.717) is 12.5 Å². The van der Waals surface area contributed by atoms with Gasteiger partial charge in [-0.05, 0) is 25.5 Å². The molecule has 1 aromatic heterocycles. The van der Waals surface area contributed by atoms with Gasteiger partial charge in [0.15, 0.2) is 0 Å². The molecule has 0 spiro atoms. The average Bonchev–Trinajstić information content (AvgIpc) is 2.34. The highest BCUT2D eigenvalue weighted by Crippen LogP contribution is 2.27. The lowest BCUT2D eigenvalue weighted by atomic mass is 9.93. The molecule has 4 heteroatoms. The van der Waals surface area contributed by atoms with Gasteiger partial charge in [0.25, 0.3) is 0 Å². The predicted molar refractivity (Wildman–Crippen MR) is 75.3 cm³/mol. The molecule has 0 bridgehead atoms. The van der Waals surface area contributed by atoms with E-state index in [1.165, 1.54) is 0 Å². The number of hydrogen-bond donors (Lipinski definition) is 2. The number of hydrogen-bond acceptors (Lipinski definition) is 4. The zero-order valence-electron chi connectivity index (χ0n) is 11.8. The van der Waals surface area contributed by atoms with Crippen molar-refractivity contribution in [3.05, 3.63) is 24.0 Å². The third-order valence-corrected chi connectivity index (χ3v) is 2.99. The molecule has 0 aromatic carbocycles. The average molecular weight is 251 g/mol. The summed E-state index contributed by atoms with van der Waals surface area (Å²) in [6.07, 6.45) is 3.64. The molecule has 1 aromatic rings. The Morgan fingerprint density at radius 2 is 2.11 bits per heavy atom. The van der Waals surface area contributed by atoms with E-state index in [4.69, 9.17) is 10.5 Å². The molecule has 0 saturated heterocycles. The molecule has 4 nitrogen and oxygen atoms in total. The Bertz CT molecular complexity index is 355. The van der Waals surface area contributed by atoms with Crippen LogP contribution in [0.25, 0.3) is 0 Å². The first-order valence-corrected chi connectivity index (χ1v) is 6.66. The smallest absolute Gasteiger partial charge is 0.0793 e. The Balaban J connectivity index is 3.03. The highest BCUT2D eigenvalue weighted by atomic mass is 16.5. The number of pyridine rings is 1. The van der Waals surface area contributed by atoms with Gasteiger partial charge in [0, 0.05) is 30.3 Å². The van der Waals surface area contributed by atoms with Crippen molar-refractivity contribution in [1.82, 2.24) is 10.3 Å². The Labute approximate surface area is 110 Å². The molecule has 2 atom stereocenters. The number of rotatable bonds is 7. The number of ether oxygens (including phenoxy) is 1. The van der Waals surface area contributed by atoms with Crippen LogP contribution >= 0.6 is 0 Å². The van der Waals surface area contributed by atoms with Crippen molar-refractivity contribution in [2.45, 2.75) is 39.8 Å². The van der Waals surface area contributed by atoms with Crippen LogP contribution in [0, 0.1) is 5.92 Å². The maximum absolute atomic E-state index is 6.05. The predicted octanol–water partition coefficient (Wildman–Crippen LogP) is 2.38. The highest BCUT2D eigenvalue weighted by Gasteiger charge is 2.27. The molecule has 3 N–H and O–H groups in total. The van der Waals surface area contributed by atoms with Gasteiger partial charge in [-0.15, -0.1) is 0 Å². The Hall–Kier alpha value is -1.13. The molecular formula is C14H25N3O. The van der Waals surface area contributed by atoms with Crippen molar-refractivity contribution in [3.8, 4) is 0 Å². The molecule has 1 heterocycles. The van der Waals surface area contributed by atoms with Crippen LogP contribution in [-0.2, 0) is 4.74 Å². The third-order valence-electron chi connectivity index (χ3n) is 2.99. The number of nitrogens with two attached hydrogens (primary N) is 1. The Morgan fingerprint density at radius 1 is 1.39 bits per heavy atom. The van der Waals surface area contributed by atoms with Gasteiger partial charge in [0.1, 0.15) is 0 Å². The number of nitrogens with one attached hydrogen (secondary N) is 1. The van der Waals surface area contributed by atoms with Crippen LogP contribution in [0.2, 0.25) is 0 Å². The summed E-state index contributed by atoms with van der Waals surface area (Å²) in [5.41, 5.74) is 7.84. The summed E-state index contributed by atoms with van der Waals surface area (Å²) < 4.78 is 5.88. The largest absolute Gasteiger partial charge is 0.398 e. The summed E-state index contributed by atoms with van der Waals surface area (Å²) in [6.45, 7) is 10.0. The summed E-state index contributed by atoms with van der Waals surface area (Å²) >= 11 is 0. The first kappa shape index (κ1) is 14.9. The molecule has 0 aliphatic heterocycles. The molecule has 1 rings (SSSR count). The lowest BCUT2D eigenvalue weighted by Crippen LogP contribution is -2.37. The molecule has 0 aliphatic rings. The van der Waals surface area contributed by atoms with Crippen molar-refractivity contribution >= 4 is 5.69 Å². The van der Waals surface area contributed by atoms with Crippen LogP contribution in [0.3, 0.4) is 0 Å². The molecule has 0 fully saturated rings. The lowest BCUT2D eigenvalue weighted by Gasteiger charge is -2.31. The number of nitrogen functional groups attached to an aromatic ring is 1. The quantitative estimate of drug-likeness (QED) is 0.781. The lowest BCUT2D eigenvalue weighted by molar-refractivity contribution is 0.00327. The topological polar surface area (TPSA) is 60.2 Å². The second kappa shape index (κ2) is 7.34. The zero-order chi connectivity index (χ0) is 13.5. The molecule has 0 saturated carbocycles. The summed E-state index contributed by atoms with van der Waals surface area (Å²) in [5, 5.41) is 3.46. The van der Waals surface area contributed by atoms with E-state index in [-0.39, 0.29) is 12.1 Å². The van der Waals surface area contributed by atoms with E-state index in [0.717, 1.165) is 17.8 Å². The minimum atomic E-state index is 0.0867. The maximum Gasteiger partial charge on any atom is 0.0793 e. The minimum Gasteiger partial charge on any atom is -0.398 e. The fourth-order valence-corrected chi connectivity index (χ4v) is 2.17. The van der Waals surface area contributed by atoms with Crippen molar-refractivity contribution in [3.63, 3.8) is 0 Å². The van der Waals surface area contributed by atoms with Gasteiger partial charge in [-0.1, -0.05) is 20.8 Å².